The zero-order valence-electron chi connectivity index (χ0n) is 17.1. The van der Waals surface area contributed by atoms with Gasteiger partial charge in [-0.1, -0.05) is 17.7 Å². The number of ether oxygens (including phenoxy) is 1. The molecule has 0 amide bonds. The summed E-state index contributed by atoms with van der Waals surface area (Å²) >= 11 is 6.28. The van der Waals surface area contributed by atoms with Gasteiger partial charge in [-0.05, 0) is 56.3 Å². The smallest absolute Gasteiger partial charge is 0.151 e. The van der Waals surface area contributed by atoms with Crippen LogP contribution in [0.1, 0.15) is 24.0 Å². The van der Waals surface area contributed by atoms with E-state index in [9.17, 15) is 0 Å². The largest absolute Gasteiger partial charge is 0.489 e. The van der Waals surface area contributed by atoms with E-state index in [4.69, 9.17) is 16.3 Å². The zero-order chi connectivity index (χ0) is 20.8. The number of anilines is 1. The molecule has 0 bridgehead atoms. The minimum Gasteiger partial charge on any atom is -0.489 e. The lowest BCUT2D eigenvalue weighted by atomic mass is 10.1. The van der Waals surface area contributed by atoms with Crippen molar-refractivity contribution in [1.29, 1.82) is 0 Å². The Balaban J connectivity index is 1.41. The summed E-state index contributed by atoms with van der Waals surface area (Å²) in [5, 5.41) is 9.05. The number of pyridine rings is 1. The molecule has 0 N–H and O–H groups in total. The fraction of sp³-hybridized carbons (Fsp3) is 0.348. The van der Waals surface area contributed by atoms with Gasteiger partial charge in [-0.15, -0.1) is 5.10 Å². The van der Waals surface area contributed by atoms with E-state index in [-0.39, 0.29) is 0 Å². The Bertz CT molecular complexity index is 941. The molecule has 1 unspecified atom stereocenters. The molecule has 7 heteroatoms. The molecule has 4 rings (SSSR count). The van der Waals surface area contributed by atoms with Crippen molar-refractivity contribution in [3.63, 3.8) is 0 Å². The second-order valence-electron chi connectivity index (χ2n) is 7.67. The number of hydrogen-bond donors (Lipinski definition) is 0. The Hall–Kier alpha value is -2.70. The van der Waals surface area contributed by atoms with Gasteiger partial charge in [0.1, 0.15) is 12.4 Å². The normalized spacial score (nSPS) is 16.2. The van der Waals surface area contributed by atoms with Crippen LogP contribution in [0.5, 0.6) is 5.75 Å². The second kappa shape index (κ2) is 9.87. The number of aromatic nitrogens is 3. The van der Waals surface area contributed by atoms with Gasteiger partial charge in [0, 0.05) is 60.4 Å². The van der Waals surface area contributed by atoms with Gasteiger partial charge in [0.05, 0.1) is 0 Å². The fourth-order valence-corrected chi connectivity index (χ4v) is 4.14. The summed E-state index contributed by atoms with van der Waals surface area (Å²) in [4.78, 5) is 8.83. The third-order valence-corrected chi connectivity index (χ3v) is 5.57. The molecule has 0 saturated carbocycles. The van der Waals surface area contributed by atoms with Crippen LogP contribution in [0.15, 0.2) is 61.1 Å². The van der Waals surface area contributed by atoms with E-state index in [2.05, 4.69) is 32.0 Å². The summed E-state index contributed by atoms with van der Waals surface area (Å²) in [5.41, 5.74) is 2.12. The van der Waals surface area contributed by atoms with Crippen LogP contribution in [0.2, 0.25) is 5.02 Å². The number of likely N-dealkylation sites (N-methyl/N-ethyl adjacent to an activating group) is 1. The third-order valence-electron chi connectivity index (χ3n) is 5.33. The van der Waals surface area contributed by atoms with Gasteiger partial charge in [0.2, 0.25) is 0 Å². The van der Waals surface area contributed by atoms with Gasteiger partial charge in [0.25, 0.3) is 0 Å². The minimum absolute atomic E-state index is 0.422. The number of benzene rings is 1. The molecular weight excluding hydrogens is 398 g/mol. The van der Waals surface area contributed by atoms with Crippen molar-refractivity contribution in [2.24, 2.45) is 0 Å². The topological polar surface area (TPSA) is 54.4 Å². The molecule has 1 fully saturated rings. The van der Waals surface area contributed by atoms with E-state index in [1.165, 1.54) is 6.42 Å². The molecule has 30 heavy (non-hydrogen) atoms. The van der Waals surface area contributed by atoms with E-state index in [0.29, 0.717) is 17.7 Å². The van der Waals surface area contributed by atoms with E-state index in [1.807, 2.05) is 48.7 Å². The molecule has 1 saturated heterocycles. The molecule has 1 aliphatic heterocycles. The van der Waals surface area contributed by atoms with Gasteiger partial charge >= 0.3 is 0 Å². The summed E-state index contributed by atoms with van der Waals surface area (Å²) in [7, 11) is 2.14. The maximum atomic E-state index is 6.28. The Kier molecular flexibility index (Phi) is 6.77. The fourth-order valence-electron chi connectivity index (χ4n) is 3.95. The van der Waals surface area contributed by atoms with Crippen molar-refractivity contribution < 1.29 is 4.74 Å². The van der Waals surface area contributed by atoms with Crippen molar-refractivity contribution >= 4 is 17.4 Å². The Morgan fingerprint density at radius 2 is 2.10 bits per heavy atom. The molecular formula is C23H26ClN5O. The summed E-state index contributed by atoms with van der Waals surface area (Å²) < 4.78 is 6.09. The average molecular weight is 424 g/mol. The van der Waals surface area contributed by atoms with Crippen LogP contribution >= 0.6 is 11.6 Å². The van der Waals surface area contributed by atoms with E-state index < -0.39 is 0 Å². The predicted octanol–water partition coefficient (Wildman–Crippen LogP) is 4.20. The number of halogens is 1. The highest BCUT2D eigenvalue weighted by molar-refractivity contribution is 6.30. The van der Waals surface area contributed by atoms with Crippen LogP contribution in [-0.4, -0.2) is 46.3 Å². The summed E-state index contributed by atoms with van der Waals surface area (Å²) in [6.45, 7) is 3.20. The van der Waals surface area contributed by atoms with Crippen LogP contribution in [0, 0.1) is 0 Å². The van der Waals surface area contributed by atoms with Crippen molar-refractivity contribution in [1.82, 2.24) is 20.1 Å². The number of nitrogens with zero attached hydrogens (tertiary/aromatic N) is 5. The van der Waals surface area contributed by atoms with Gasteiger partial charge in [-0.3, -0.25) is 9.88 Å². The lowest BCUT2D eigenvalue weighted by molar-refractivity contribution is 0.277. The molecule has 0 aliphatic carbocycles. The van der Waals surface area contributed by atoms with Crippen LogP contribution in [-0.2, 0) is 13.2 Å². The van der Waals surface area contributed by atoms with Crippen LogP contribution < -0.4 is 9.64 Å². The minimum atomic E-state index is 0.422. The lowest BCUT2D eigenvalue weighted by Gasteiger charge is -2.29. The maximum absolute atomic E-state index is 6.28. The highest BCUT2D eigenvalue weighted by Crippen LogP contribution is 2.27. The van der Waals surface area contributed by atoms with Crippen molar-refractivity contribution in [3.05, 3.63) is 77.2 Å². The second-order valence-corrected chi connectivity index (χ2v) is 8.11. The quantitative estimate of drug-likeness (QED) is 0.541. The Morgan fingerprint density at radius 3 is 2.90 bits per heavy atom. The molecule has 3 heterocycles. The molecule has 1 aromatic carbocycles. The molecule has 0 spiro atoms. The standard InChI is InChI=1S/C23H26ClN5O/c1-28(16-21-6-4-12-29(21)23-7-3-11-26-27-23)15-19-13-20(24)8-9-22(19)30-17-18-5-2-10-25-14-18/h2-3,5,7-11,13-14,21H,4,6,12,15-17H2,1H3. The monoisotopic (exact) mass is 423 g/mol. The first kappa shape index (κ1) is 20.6. The van der Waals surface area contributed by atoms with Crippen LogP contribution in [0.4, 0.5) is 5.82 Å². The molecule has 1 aliphatic rings. The van der Waals surface area contributed by atoms with Gasteiger partial charge < -0.3 is 9.64 Å². The molecule has 1 atom stereocenters. The third kappa shape index (κ3) is 5.26. The molecule has 6 nitrogen and oxygen atoms in total. The first-order chi connectivity index (χ1) is 14.7. The Labute approximate surface area is 182 Å². The van der Waals surface area contributed by atoms with E-state index >= 15 is 0 Å². The van der Waals surface area contributed by atoms with E-state index in [0.717, 1.165) is 48.7 Å². The molecule has 0 radical (unpaired) electrons. The van der Waals surface area contributed by atoms with Crippen LogP contribution in [0.3, 0.4) is 0 Å². The average Bonchev–Trinajstić information content (AvgIpc) is 3.22. The summed E-state index contributed by atoms with van der Waals surface area (Å²) in [6, 6.07) is 14.1. The molecule has 156 valence electrons. The van der Waals surface area contributed by atoms with Crippen LogP contribution in [0.25, 0.3) is 0 Å². The van der Waals surface area contributed by atoms with Gasteiger partial charge in [-0.25, -0.2) is 0 Å². The maximum Gasteiger partial charge on any atom is 0.151 e. The van der Waals surface area contributed by atoms with Crippen molar-refractivity contribution in [3.8, 4) is 5.75 Å². The molecule has 3 aromatic rings. The number of hydrogen-bond acceptors (Lipinski definition) is 6. The summed E-state index contributed by atoms with van der Waals surface area (Å²) in [6.07, 6.45) is 7.63. The van der Waals surface area contributed by atoms with Gasteiger partial charge in [0.15, 0.2) is 5.82 Å². The highest BCUT2D eigenvalue weighted by Gasteiger charge is 2.27. The first-order valence-electron chi connectivity index (χ1n) is 10.2. The SMILES string of the molecule is CN(Cc1cc(Cl)ccc1OCc1cccnc1)CC1CCCN1c1cccnn1. The lowest BCUT2D eigenvalue weighted by Crippen LogP contribution is -2.39. The van der Waals surface area contributed by atoms with E-state index in [1.54, 1.807) is 12.4 Å². The molecule has 2 aromatic heterocycles. The van der Waals surface area contributed by atoms with Crippen molar-refractivity contribution in [2.45, 2.75) is 32.0 Å². The Morgan fingerprint density at radius 1 is 1.20 bits per heavy atom. The summed E-state index contributed by atoms with van der Waals surface area (Å²) in [5.74, 6) is 1.81. The zero-order valence-corrected chi connectivity index (χ0v) is 17.9. The predicted molar refractivity (Wildman–Crippen MR) is 119 cm³/mol. The first-order valence-corrected chi connectivity index (χ1v) is 10.6. The van der Waals surface area contributed by atoms with Crippen molar-refractivity contribution in [2.75, 3.05) is 25.0 Å². The highest BCUT2D eigenvalue weighted by atomic mass is 35.5. The van der Waals surface area contributed by atoms with Gasteiger partial charge in [-0.2, -0.15) is 5.10 Å². The number of rotatable bonds is 8.